The van der Waals surface area contributed by atoms with Gasteiger partial charge in [0.15, 0.2) is 0 Å². The molecule has 0 spiro atoms. The third kappa shape index (κ3) is 3.25. The lowest BCUT2D eigenvalue weighted by atomic mass is 9.76. The van der Waals surface area contributed by atoms with Gasteiger partial charge in [0.25, 0.3) is 0 Å². The number of carbonyl (C=O) groups excluding carboxylic acids is 1. The van der Waals surface area contributed by atoms with Crippen molar-refractivity contribution in [1.29, 1.82) is 0 Å². The molecule has 6 heteroatoms. The molecule has 0 fully saturated rings. The van der Waals surface area contributed by atoms with E-state index in [0.717, 1.165) is 40.8 Å². The Morgan fingerprint density at radius 3 is 2.93 bits per heavy atom. The highest BCUT2D eigenvalue weighted by molar-refractivity contribution is 5.97. The summed E-state index contributed by atoms with van der Waals surface area (Å²) in [5.74, 6) is 0.0348. The highest BCUT2D eigenvalue weighted by Crippen LogP contribution is 2.38. The van der Waals surface area contributed by atoms with Crippen molar-refractivity contribution in [3.05, 3.63) is 35.5 Å². The Hall–Kier alpha value is -2.60. The monoisotopic (exact) mass is 365 g/mol. The average molecular weight is 365 g/mol. The first-order valence-electron chi connectivity index (χ1n) is 9.48. The van der Waals surface area contributed by atoms with Crippen LogP contribution in [-0.4, -0.2) is 41.7 Å². The molecule has 0 saturated carbocycles. The summed E-state index contributed by atoms with van der Waals surface area (Å²) in [5.41, 5.74) is 6.87. The summed E-state index contributed by atoms with van der Waals surface area (Å²) >= 11 is 0. The molecule has 0 radical (unpaired) electrons. The number of H-pyrrole nitrogens is 2. The van der Waals surface area contributed by atoms with E-state index in [1.165, 1.54) is 17.7 Å². The van der Waals surface area contributed by atoms with Crippen LogP contribution in [0, 0.1) is 5.41 Å². The lowest BCUT2D eigenvalue weighted by Gasteiger charge is -2.28. The Balaban J connectivity index is 1.67. The highest BCUT2D eigenvalue weighted by Gasteiger charge is 2.29. The highest BCUT2D eigenvalue weighted by atomic mass is 16.2. The number of aromatic nitrogens is 3. The number of hydrogen-bond donors (Lipinski definition) is 3. The van der Waals surface area contributed by atoms with Gasteiger partial charge in [0, 0.05) is 34.9 Å². The van der Waals surface area contributed by atoms with Crippen LogP contribution in [-0.2, 0) is 17.6 Å². The van der Waals surface area contributed by atoms with Gasteiger partial charge in [0.1, 0.15) is 5.69 Å². The summed E-state index contributed by atoms with van der Waals surface area (Å²) in [4.78, 5) is 17.3. The van der Waals surface area contributed by atoms with Crippen molar-refractivity contribution < 1.29 is 4.79 Å². The molecule has 4 rings (SSSR count). The van der Waals surface area contributed by atoms with Crippen LogP contribution in [0.4, 0.5) is 5.69 Å². The van der Waals surface area contributed by atoms with Gasteiger partial charge in [-0.3, -0.25) is 9.89 Å². The van der Waals surface area contributed by atoms with Crippen LogP contribution in [0.1, 0.15) is 31.5 Å². The van der Waals surface area contributed by atoms with Gasteiger partial charge in [-0.25, -0.2) is 0 Å². The molecule has 6 nitrogen and oxygen atoms in total. The molecule has 2 aromatic heterocycles. The topological polar surface area (TPSA) is 76.8 Å². The van der Waals surface area contributed by atoms with Crippen LogP contribution >= 0.6 is 0 Å². The molecule has 0 aliphatic heterocycles. The van der Waals surface area contributed by atoms with Crippen LogP contribution in [0.25, 0.3) is 22.3 Å². The second kappa shape index (κ2) is 6.53. The number of hydrogen-bond acceptors (Lipinski definition) is 3. The lowest BCUT2D eigenvalue weighted by molar-refractivity contribution is -0.117. The third-order valence-electron chi connectivity index (χ3n) is 5.61. The van der Waals surface area contributed by atoms with E-state index in [2.05, 4.69) is 46.5 Å². The normalized spacial score (nSPS) is 15.7. The number of rotatable bonds is 4. The zero-order valence-electron chi connectivity index (χ0n) is 16.4. The van der Waals surface area contributed by atoms with Crippen molar-refractivity contribution in [3.63, 3.8) is 0 Å². The van der Waals surface area contributed by atoms with E-state index in [9.17, 15) is 4.79 Å². The minimum atomic E-state index is 0.0348. The van der Waals surface area contributed by atoms with Crippen molar-refractivity contribution in [2.24, 2.45) is 5.41 Å². The molecule has 0 bridgehead atoms. The molecule has 0 unspecified atom stereocenters. The number of anilines is 1. The lowest BCUT2D eigenvalue weighted by Crippen LogP contribution is -2.34. The van der Waals surface area contributed by atoms with Gasteiger partial charge in [0.2, 0.25) is 5.91 Å². The molecule has 1 aliphatic rings. The maximum Gasteiger partial charge on any atom is 0.240 e. The minimum absolute atomic E-state index is 0.0348. The smallest absolute Gasteiger partial charge is 0.240 e. The van der Waals surface area contributed by atoms with Gasteiger partial charge in [0.05, 0.1) is 12.2 Å². The Morgan fingerprint density at radius 2 is 2.15 bits per heavy atom. The fourth-order valence-corrected chi connectivity index (χ4v) is 3.93. The van der Waals surface area contributed by atoms with E-state index >= 15 is 0 Å². The summed E-state index contributed by atoms with van der Waals surface area (Å²) in [6, 6.07) is 8.20. The van der Waals surface area contributed by atoms with E-state index < -0.39 is 0 Å². The van der Waals surface area contributed by atoms with Crippen LogP contribution in [0.5, 0.6) is 0 Å². The number of carbonyl (C=O) groups is 1. The van der Waals surface area contributed by atoms with Gasteiger partial charge < -0.3 is 15.2 Å². The van der Waals surface area contributed by atoms with Crippen molar-refractivity contribution in [2.45, 2.75) is 33.1 Å². The Labute approximate surface area is 159 Å². The fraction of sp³-hybridized carbons (Fsp3) is 0.429. The van der Waals surface area contributed by atoms with Crippen LogP contribution in [0.3, 0.4) is 0 Å². The second-order valence-electron chi connectivity index (χ2n) is 8.31. The predicted molar refractivity (Wildman–Crippen MR) is 109 cm³/mol. The summed E-state index contributed by atoms with van der Waals surface area (Å²) < 4.78 is 0. The number of fused-ring (bicyclic) bond motifs is 2. The molecule has 0 saturated heterocycles. The van der Waals surface area contributed by atoms with Crippen LogP contribution < -0.4 is 10.2 Å². The van der Waals surface area contributed by atoms with Crippen molar-refractivity contribution in [1.82, 2.24) is 20.5 Å². The Kier molecular flexibility index (Phi) is 4.30. The van der Waals surface area contributed by atoms with Crippen LogP contribution in [0.15, 0.2) is 24.3 Å². The zero-order chi connectivity index (χ0) is 19.2. The summed E-state index contributed by atoms with van der Waals surface area (Å²) in [7, 11) is 3.58. The second-order valence-corrected chi connectivity index (χ2v) is 8.31. The van der Waals surface area contributed by atoms with Gasteiger partial charge in [-0.1, -0.05) is 19.9 Å². The molecule has 3 aromatic rings. The molecule has 3 N–H and O–H groups in total. The summed E-state index contributed by atoms with van der Waals surface area (Å²) in [5, 5.41) is 11.9. The number of benzene rings is 1. The predicted octanol–water partition coefficient (Wildman–Crippen LogP) is 3.26. The summed E-state index contributed by atoms with van der Waals surface area (Å²) in [6.07, 6.45) is 3.27. The van der Waals surface area contributed by atoms with E-state index in [4.69, 9.17) is 0 Å². The van der Waals surface area contributed by atoms with Crippen molar-refractivity contribution in [2.75, 3.05) is 25.5 Å². The first-order valence-corrected chi connectivity index (χ1v) is 9.48. The van der Waals surface area contributed by atoms with E-state index in [1.807, 2.05) is 12.1 Å². The maximum absolute atomic E-state index is 12.1. The van der Waals surface area contributed by atoms with E-state index in [0.29, 0.717) is 12.0 Å². The molecule has 1 aliphatic carbocycles. The standard InChI is InChI=1S/C21H27N5O/c1-21(2)8-7-15-18(11-21)24-25-20(15)17-9-13-5-6-14(10-16(13)23-17)26(4)19(27)12-22-3/h5-6,9-10,22-23H,7-8,11-12H2,1-4H3,(H,24,25). The fourth-order valence-electron chi connectivity index (χ4n) is 3.93. The van der Waals surface area contributed by atoms with Crippen molar-refractivity contribution >= 4 is 22.5 Å². The maximum atomic E-state index is 12.1. The number of likely N-dealkylation sites (N-methyl/N-ethyl adjacent to an activating group) is 2. The number of amides is 1. The van der Waals surface area contributed by atoms with Gasteiger partial charge >= 0.3 is 0 Å². The van der Waals surface area contributed by atoms with E-state index in [-0.39, 0.29) is 5.91 Å². The number of nitrogens with one attached hydrogen (secondary N) is 3. The quantitative estimate of drug-likeness (QED) is 0.664. The van der Waals surface area contributed by atoms with Gasteiger partial charge in [-0.2, -0.15) is 5.10 Å². The molecule has 2 heterocycles. The molecule has 0 atom stereocenters. The number of nitrogens with zero attached hydrogens (tertiary/aromatic N) is 2. The molecule has 1 amide bonds. The van der Waals surface area contributed by atoms with Gasteiger partial charge in [-0.05, 0) is 49.9 Å². The van der Waals surface area contributed by atoms with Crippen LogP contribution in [0.2, 0.25) is 0 Å². The SMILES string of the molecule is CNCC(=O)N(C)c1ccc2cc(-c3n[nH]c4c3CCC(C)(C)C4)[nH]c2c1. The molecule has 1 aromatic carbocycles. The third-order valence-corrected chi connectivity index (χ3v) is 5.61. The van der Waals surface area contributed by atoms with E-state index in [1.54, 1.807) is 19.0 Å². The molecular weight excluding hydrogens is 338 g/mol. The molecule has 27 heavy (non-hydrogen) atoms. The van der Waals surface area contributed by atoms with Gasteiger partial charge in [-0.15, -0.1) is 0 Å². The first-order chi connectivity index (χ1) is 12.9. The number of aromatic amines is 2. The Bertz CT molecular complexity index is 997. The molecular formula is C21H27N5O. The first kappa shape index (κ1) is 17.8. The average Bonchev–Trinajstić information content (AvgIpc) is 3.22. The minimum Gasteiger partial charge on any atom is -0.353 e. The van der Waals surface area contributed by atoms with Crippen molar-refractivity contribution in [3.8, 4) is 11.4 Å². The zero-order valence-corrected chi connectivity index (χ0v) is 16.4. The summed E-state index contributed by atoms with van der Waals surface area (Å²) in [6.45, 7) is 4.94. The Morgan fingerprint density at radius 1 is 1.33 bits per heavy atom. The largest absolute Gasteiger partial charge is 0.353 e. The molecule has 142 valence electrons.